The zero-order valence-corrected chi connectivity index (χ0v) is 14.6. The summed E-state index contributed by atoms with van der Waals surface area (Å²) in [6.07, 6.45) is 6.19. The summed E-state index contributed by atoms with van der Waals surface area (Å²) in [6.45, 7) is 2.21. The first kappa shape index (κ1) is 17.1. The molecule has 0 saturated carbocycles. The van der Waals surface area contributed by atoms with Crippen LogP contribution in [0.15, 0.2) is 29.7 Å². The van der Waals surface area contributed by atoms with Gasteiger partial charge in [0.05, 0.1) is 10.3 Å². The number of aromatic amines is 1. The van der Waals surface area contributed by atoms with Crippen molar-refractivity contribution in [3.8, 4) is 0 Å². The number of carbonyl (C=O) groups is 1. The lowest BCUT2D eigenvalue weighted by atomic mass is 10.3. The molecule has 2 aromatic heterocycles. The van der Waals surface area contributed by atoms with Crippen LogP contribution in [0.3, 0.4) is 0 Å². The summed E-state index contributed by atoms with van der Waals surface area (Å²) in [7, 11) is 0. The van der Waals surface area contributed by atoms with Crippen LogP contribution in [-0.4, -0.2) is 57.2 Å². The number of nitrogens with two attached hydrogens (primary N) is 1. The van der Waals surface area contributed by atoms with Gasteiger partial charge in [0, 0.05) is 43.8 Å². The largest absolute Gasteiger partial charge is 0.346 e. The van der Waals surface area contributed by atoms with Crippen LogP contribution in [-0.2, 0) is 4.79 Å². The van der Waals surface area contributed by atoms with Crippen LogP contribution < -0.4 is 10.6 Å². The third-order valence-corrected chi connectivity index (χ3v) is 5.17. The van der Waals surface area contributed by atoms with Gasteiger partial charge >= 0.3 is 0 Å². The lowest BCUT2D eigenvalue weighted by Crippen LogP contribution is -2.35. The molecule has 128 valence electrons. The molecule has 0 spiro atoms. The minimum absolute atomic E-state index is 0. The zero-order chi connectivity index (χ0) is 15.8. The second-order valence-corrected chi connectivity index (χ2v) is 6.91. The first-order chi connectivity index (χ1) is 11.2. The van der Waals surface area contributed by atoms with Gasteiger partial charge in [-0.1, -0.05) is 0 Å². The molecule has 0 radical (unpaired) electrons. The summed E-state index contributed by atoms with van der Waals surface area (Å²) in [5.41, 5.74) is 6.72. The molecular formula is C15H19ClN6OS. The first-order valence-electron chi connectivity index (χ1n) is 7.66. The van der Waals surface area contributed by atoms with Gasteiger partial charge in [0.2, 0.25) is 0 Å². The average Bonchev–Trinajstić information content (AvgIpc) is 3.22. The predicted molar refractivity (Wildman–Crippen MR) is 98.2 cm³/mol. The normalized spacial score (nSPS) is 20.9. The van der Waals surface area contributed by atoms with E-state index in [1.54, 1.807) is 18.1 Å². The molecule has 2 aliphatic heterocycles. The fourth-order valence-electron chi connectivity index (χ4n) is 3.00. The van der Waals surface area contributed by atoms with Crippen LogP contribution in [0.4, 0.5) is 5.82 Å². The van der Waals surface area contributed by atoms with Gasteiger partial charge < -0.3 is 20.5 Å². The molecule has 1 saturated heterocycles. The number of anilines is 1. The van der Waals surface area contributed by atoms with Crippen molar-refractivity contribution in [1.82, 2.24) is 19.9 Å². The molecule has 24 heavy (non-hydrogen) atoms. The molecule has 0 bridgehead atoms. The molecule has 0 unspecified atom stereocenters. The summed E-state index contributed by atoms with van der Waals surface area (Å²) in [6, 6.07) is 2.06. The Kier molecular flexibility index (Phi) is 4.98. The maximum Gasteiger partial charge on any atom is 0.261 e. The fourth-order valence-corrected chi connectivity index (χ4v) is 3.96. The molecule has 4 heterocycles. The van der Waals surface area contributed by atoms with E-state index >= 15 is 0 Å². The van der Waals surface area contributed by atoms with E-state index in [4.69, 9.17) is 5.73 Å². The summed E-state index contributed by atoms with van der Waals surface area (Å²) < 4.78 is 0. The number of hydrogen-bond acceptors (Lipinski definition) is 6. The second-order valence-electron chi connectivity index (χ2n) is 5.77. The van der Waals surface area contributed by atoms with Gasteiger partial charge in [-0.2, -0.15) is 0 Å². The molecule has 9 heteroatoms. The molecule has 7 nitrogen and oxygen atoms in total. The number of H-pyrrole nitrogens is 1. The second kappa shape index (κ2) is 7.00. The quantitative estimate of drug-likeness (QED) is 0.833. The van der Waals surface area contributed by atoms with E-state index in [-0.39, 0.29) is 24.4 Å². The maximum atomic E-state index is 12.7. The Labute approximate surface area is 150 Å². The number of nitrogens with one attached hydrogen (secondary N) is 1. The number of thioether (sulfide) groups is 1. The molecule has 0 aromatic carbocycles. The molecule has 3 N–H and O–H groups in total. The van der Waals surface area contributed by atoms with Crippen LogP contribution in [0.5, 0.6) is 0 Å². The summed E-state index contributed by atoms with van der Waals surface area (Å²) in [5, 5.41) is 0.964. The van der Waals surface area contributed by atoms with Crippen LogP contribution in [0.1, 0.15) is 6.42 Å². The monoisotopic (exact) mass is 366 g/mol. The highest BCUT2D eigenvalue weighted by atomic mass is 35.5. The minimum atomic E-state index is 0. The molecule has 2 aliphatic rings. The Balaban J connectivity index is 0.00000169. The standard InChI is InChI=1S/C15H18N6OS.ClH/c16-10-2-4-21(7-10)15(22)12-8-20(5-6-23-12)14-11-1-3-17-13(11)18-9-19-14;/h1,3,8-10H,2,4-7,16H2,(H,17,18,19);1H/t10-;/m1./s1. The number of nitrogens with zero attached hydrogens (tertiary/aromatic N) is 4. The van der Waals surface area contributed by atoms with Crippen molar-refractivity contribution in [2.45, 2.75) is 12.5 Å². The molecule has 0 aliphatic carbocycles. The SMILES string of the molecule is Cl.N[C@@H]1CCN(C(=O)C2=CN(c3ncnc4[nH]ccc34)CCS2)C1. The minimum Gasteiger partial charge on any atom is -0.346 e. The van der Waals surface area contributed by atoms with Crippen molar-refractivity contribution in [1.29, 1.82) is 0 Å². The summed E-state index contributed by atoms with van der Waals surface area (Å²) in [4.78, 5) is 29.0. The van der Waals surface area contributed by atoms with Crippen LogP contribution >= 0.6 is 24.2 Å². The van der Waals surface area contributed by atoms with Crippen molar-refractivity contribution in [3.05, 3.63) is 29.7 Å². The van der Waals surface area contributed by atoms with Gasteiger partial charge in [-0.25, -0.2) is 9.97 Å². The van der Waals surface area contributed by atoms with E-state index in [0.29, 0.717) is 6.54 Å². The van der Waals surface area contributed by atoms with E-state index in [9.17, 15) is 4.79 Å². The van der Waals surface area contributed by atoms with Gasteiger partial charge in [0.15, 0.2) is 0 Å². The van der Waals surface area contributed by atoms with Crippen molar-refractivity contribution in [3.63, 3.8) is 0 Å². The van der Waals surface area contributed by atoms with Crippen LogP contribution in [0.25, 0.3) is 11.0 Å². The Hall–Kier alpha value is -1.77. The fraction of sp³-hybridized carbons (Fsp3) is 0.400. The lowest BCUT2D eigenvalue weighted by molar-refractivity contribution is -0.125. The Bertz CT molecular complexity index is 778. The molecule has 4 rings (SSSR count). The number of hydrogen-bond donors (Lipinski definition) is 2. The maximum absolute atomic E-state index is 12.7. The number of aromatic nitrogens is 3. The number of carbonyl (C=O) groups excluding carboxylic acids is 1. The molecule has 1 atom stereocenters. The summed E-state index contributed by atoms with van der Waals surface area (Å²) >= 11 is 1.60. The van der Waals surface area contributed by atoms with E-state index in [0.717, 1.165) is 47.0 Å². The Morgan fingerprint density at radius 2 is 2.25 bits per heavy atom. The number of amides is 1. The molecule has 1 fully saturated rings. The number of likely N-dealkylation sites (tertiary alicyclic amines) is 1. The molecule has 1 amide bonds. The number of halogens is 1. The van der Waals surface area contributed by atoms with E-state index < -0.39 is 0 Å². The van der Waals surface area contributed by atoms with Gasteiger partial charge in [-0.05, 0) is 12.5 Å². The smallest absolute Gasteiger partial charge is 0.261 e. The van der Waals surface area contributed by atoms with Gasteiger partial charge in [0.1, 0.15) is 17.8 Å². The van der Waals surface area contributed by atoms with Crippen molar-refractivity contribution in [2.75, 3.05) is 30.3 Å². The van der Waals surface area contributed by atoms with Gasteiger partial charge in [-0.3, -0.25) is 4.79 Å². The van der Waals surface area contributed by atoms with E-state index in [2.05, 4.69) is 15.0 Å². The number of rotatable bonds is 2. The predicted octanol–water partition coefficient (Wildman–Crippen LogP) is 1.33. The van der Waals surface area contributed by atoms with Gasteiger partial charge in [0.25, 0.3) is 5.91 Å². The highest BCUT2D eigenvalue weighted by molar-refractivity contribution is 8.04. The van der Waals surface area contributed by atoms with Crippen LogP contribution in [0.2, 0.25) is 0 Å². The van der Waals surface area contributed by atoms with Crippen molar-refractivity contribution < 1.29 is 4.79 Å². The third-order valence-electron chi connectivity index (χ3n) is 4.19. The van der Waals surface area contributed by atoms with Crippen LogP contribution in [0, 0.1) is 0 Å². The Morgan fingerprint density at radius 1 is 1.38 bits per heavy atom. The summed E-state index contributed by atoms with van der Waals surface area (Å²) in [5.74, 6) is 1.76. The average molecular weight is 367 g/mol. The Morgan fingerprint density at radius 3 is 3.04 bits per heavy atom. The lowest BCUT2D eigenvalue weighted by Gasteiger charge is -2.27. The van der Waals surface area contributed by atoms with E-state index in [1.165, 1.54) is 0 Å². The zero-order valence-electron chi connectivity index (χ0n) is 13.0. The van der Waals surface area contributed by atoms with Gasteiger partial charge in [-0.15, -0.1) is 24.2 Å². The molecular weight excluding hydrogens is 348 g/mol. The molecule has 2 aromatic rings. The number of fused-ring (bicyclic) bond motifs is 1. The topological polar surface area (TPSA) is 91.1 Å². The van der Waals surface area contributed by atoms with Crippen molar-refractivity contribution >= 4 is 46.9 Å². The van der Waals surface area contributed by atoms with Crippen molar-refractivity contribution in [2.24, 2.45) is 5.73 Å². The highest BCUT2D eigenvalue weighted by Crippen LogP contribution is 2.30. The third kappa shape index (κ3) is 3.09. The van der Waals surface area contributed by atoms with E-state index in [1.807, 2.05) is 28.3 Å². The highest BCUT2D eigenvalue weighted by Gasteiger charge is 2.28. The first-order valence-corrected chi connectivity index (χ1v) is 8.65.